The van der Waals surface area contributed by atoms with Gasteiger partial charge in [-0.3, -0.25) is 0 Å². The molecule has 0 N–H and O–H groups in total. The van der Waals surface area contributed by atoms with Crippen LogP contribution in [-0.4, -0.2) is 0 Å². The number of aromatic nitrogens is 6. The Bertz CT molecular complexity index is 5590. The highest BCUT2D eigenvalue weighted by molar-refractivity contribution is 7.22. The van der Waals surface area contributed by atoms with Crippen molar-refractivity contribution < 1.29 is 31.8 Å². The number of fused-ring (bicyclic) bond motifs is 6. The topological polar surface area (TPSA) is 36.4 Å². The Morgan fingerprint density at radius 3 is 1.27 bits per heavy atom. The highest BCUT2D eigenvalue weighted by Gasteiger charge is 2.23. The summed E-state index contributed by atoms with van der Waals surface area (Å²) in [7, 11) is 12.5. The summed E-state index contributed by atoms with van der Waals surface area (Å²) < 4.78 is 21.7. The largest absolute Gasteiger partial charge is 0.398 e. The second kappa shape index (κ2) is 35.6. The molecular weight excluding hydrogens is 1370 g/mol. The van der Waals surface area contributed by atoms with Crippen LogP contribution < -0.4 is 27.4 Å². The third-order valence-electron chi connectivity index (χ3n) is 19.8. The van der Waals surface area contributed by atoms with Crippen LogP contribution in [0, 0.1) is 55.4 Å². The number of thiophene rings is 2. The molecule has 8 heterocycles. The zero-order valence-electron chi connectivity index (χ0n) is 64.5. The Hall–Kier alpha value is -11.7. The molecular formula is C98H96N6OS3+6. The Morgan fingerprint density at radius 1 is 0.287 bits per heavy atom. The number of aryl methyl sites for hydroxylation is 14. The molecule has 18 rings (SSSR count). The molecule has 0 unspecified atom stereocenters. The first kappa shape index (κ1) is 76.0. The van der Waals surface area contributed by atoms with Gasteiger partial charge in [0.2, 0.25) is 33.7 Å². The minimum atomic E-state index is 0.907. The molecule has 108 heavy (non-hydrogen) atoms. The van der Waals surface area contributed by atoms with Crippen molar-refractivity contribution >= 4 is 87.1 Å². The predicted molar refractivity (Wildman–Crippen MR) is 456 cm³/mol. The lowest BCUT2D eigenvalue weighted by Gasteiger charge is -2.08. The van der Waals surface area contributed by atoms with Gasteiger partial charge in [0.25, 0.3) is 10.5 Å². The Kier molecular flexibility index (Phi) is 25.1. The lowest BCUT2D eigenvalue weighted by atomic mass is 9.97. The number of oxazole rings is 1. The summed E-state index contributed by atoms with van der Waals surface area (Å²) in [4.78, 5) is 2.73. The van der Waals surface area contributed by atoms with Crippen LogP contribution in [-0.2, 0) is 42.3 Å². The Balaban J connectivity index is 0.000000118. The van der Waals surface area contributed by atoms with Crippen molar-refractivity contribution in [3.8, 4) is 65.6 Å². The van der Waals surface area contributed by atoms with Gasteiger partial charge < -0.3 is 4.42 Å². The monoisotopic (exact) mass is 1470 g/mol. The maximum Gasteiger partial charge on any atom is 0.381 e. The minimum absolute atomic E-state index is 0.907. The van der Waals surface area contributed by atoms with Gasteiger partial charge in [-0.15, -0.1) is 22.7 Å². The smallest absolute Gasteiger partial charge is 0.381 e. The maximum absolute atomic E-state index is 5.93. The molecule has 0 spiro atoms. The lowest BCUT2D eigenvalue weighted by Crippen LogP contribution is -2.30. The van der Waals surface area contributed by atoms with Crippen LogP contribution in [0.5, 0.6) is 0 Å². The first-order valence-corrected chi connectivity index (χ1v) is 39.1. The summed E-state index contributed by atoms with van der Waals surface area (Å²) >= 11 is 5.52. The molecule has 0 aliphatic rings. The van der Waals surface area contributed by atoms with Gasteiger partial charge in [-0.05, 0) is 200 Å². The number of benzene rings is 10. The van der Waals surface area contributed by atoms with Crippen molar-refractivity contribution in [1.29, 1.82) is 0 Å². The Morgan fingerprint density at radius 2 is 0.731 bits per heavy atom. The van der Waals surface area contributed by atoms with Crippen molar-refractivity contribution in [3.63, 3.8) is 0 Å². The van der Waals surface area contributed by atoms with Gasteiger partial charge >= 0.3 is 5.89 Å². The van der Waals surface area contributed by atoms with Crippen molar-refractivity contribution in [2.24, 2.45) is 42.3 Å². The van der Waals surface area contributed by atoms with E-state index in [1.807, 2.05) is 72.2 Å². The number of nitrogens with zero attached hydrogens (tertiary/aromatic N) is 6. The molecule has 0 aliphatic carbocycles. The fourth-order valence-corrected chi connectivity index (χ4v) is 17.2. The number of thiazole rings is 1. The van der Waals surface area contributed by atoms with Crippen LogP contribution in [0.25, 0.3) is 119 Å². The van der Waals surface area contributed by atoms with Gasteiger partial charge in [0.1, 0.15) is 56.7 Å². The van der Waals surface area contributed by atoms with Crippen LogP contribution in [0.15, 0.2) is 332 Å². The van der Waals surface area contributed by atoms with Crippen molar-refractivity contribution in [1.82, 2.24) is 0 Å². The summed E-state index contributed by atoms with van der Waals surface area (Å²) in [5.41, 5.74) is 25.5. The molecule has 0 atom stereocenters. The van der Waals surface area contributed by atoms with Gasteiger partial charge in [-0.2, -0.15) is 9.13 Å². The van der Waals surface area contributed by atoms with Crippen molar-refractivity contribution in [3.05, 3.63) is 372 Å². The van der Waals surface area contributed by atoms with E-state index in [9.17, 15) is 0 Å². The molecule has 0 saturated heterocycles. The van der Waals surface area contributed by atoms with E-state index in [2.05, 4.69) is 403 Å². The van der Waals surface area contributed by atoms with E-state index in [-0.39, 0.29) is 0 Å². The molecule has 10 heteroatoms. The highest BCUT2D eigenvalue weighted by Crippen LogP contribution is 2.37. The van der Waals surface area contributed by atoms with Crippen LogP contribution >= 0.6 is 34.0 Å². The number of para-hydroxylation sites is 3. The quantitative estimate of drug-likeness (QED) is 0.121. The molecule has 0 saturated carbocycles. The normalized spacial score (nSPS) is 10.7. The van der Waals surface area contributed by atoms with E-state index in [0.29, 0.717) is 0 Å². The highest BCUT2D eigenvalue weighted by atomic mass is 32.1. The van der Waals surface area contributed by atoms with Gasteiger partial charge in [-0.1, -0.05) is 181 Å². The molecule has 10 aromatic carbocycles. The van der Waals surface area contributed by atoms with E-state index < -0.39 is 0 Å². The van der Waals surface area contributed by atoms with Crippen LogP contribution in [0.2, 0.25) is 0 Å². The van der Waals surface area contributed by atoms with Gasteiger partial charge in [0.05, 0.1) is 16.5 Å². The summed E-state index contributed by atoms with van der Waals surface area (Å²) in [6, 6.07) is 104. The maximum atomic E-state index is 5.93. The Labute approximate surface area is 649 Å². The van der Waals surface area contributed by atoms with Crippen molar-refractivity contribution in [2.45, 2.75) is 55.4 Å². The van der Waals surface area contributed by atoms with E-state index in [0.717, 1.165) is 22.6 Å². The zero-order valence-corrected chi connectivity index (χ0v) is 66.9. The fraction of sp³-hybridized carbons (Fsp3) is 0.143. The summed E-state index contributed by atoms with van der Waals surface area (Å²) in [5.74, 6) is 0.907. The molecule has 8 aromatic heterocycles. The zero-order chi connectivity index (χ0) is 75.8. The average molecular weight is 1470 g/mol. The van der Waals surface area contributed by atoms with Gasteiger partial charge in [0.15, 0.2) is 24.8 Å². The minimum Gasteiger partial charge on any atom is -0.398 e. The molecule has 0 radical (unpaired) electrons. The van der Waals surface area contributed by atoms with Gasteiger partial charge in [-0.25, -0.2) is 18.3 Å². The van der Waals surface area contributed by atoms with Gasteiger partial charge in [0, 0.05) is 70.2 Å². The third-order valence-corrected chi connectivity index (χ3v) is 23.3. The third kappa shape index (κ3) is 17.6. The second-order valence-electron chi connectivity index (χ2n) is 27.3. The SMILES string of the molecule is Cc1c(-c2cccc[n+]2C)sc2ccccc12.Cc1cccc2ccc3ccc[n+](C)c3c12.Cc1ccccc1-c1cccc[n+]1C.Cc1ccccc1-c1ccccc1C.Cc1ccccc1-c1oc2ccccc2[n+]1C.Cc1ccccc1-c1sc2ccccc2[n+]1C.Cc1ccsc1-c1cccc[n+]1C. The van der Waals surface area contributed by atoms with Crippen LogP contribution in [0.3, 0.4) is 0 Å². The standard InChI is InChI=1S/C15H14NO.2C15H14NS.C15H14N.C14H14.C13H14N.C11H12NS/c1-11-7-3-4-8-12(11)15-16(2)13-9-5-6-10-14(13)17-15;1-11-12-7-3-4-9-14(12)17-15(11)13-8-5-6-10-16(13)2;1-11-7-3-4-8-12(11)15-16(2)13-9-5-6-10-14(13)17-15;1-11-5-3-6-12-8-9-13-7-4-10-16(2)15(13)14(11)12;1-11-7-3-5-9-13(11)14-10-6-4-8-12(14)2;1-11-7-3-4-8-12(11)13-9-5-6-10-14(13)2;1-9-6-8-13-11(9)10-5-3-4-7-12(10)2/h3*3-10H,1-2H3;3-10H,1-2H3;2*3-10H,1-2H3;3-8H,1-2H3/q4*+1;;2*+1. The van der Waals surface area contributed by atoms with Crippen molar-refractivity contribution in [2.75, 3.05) is 0 Å². The van der Waals surface area contributed by atoms with Crippen LogP contribution in [0.4, 0.5) is 0 Å². The number of rotatable bonds is 6. The van der Waals surface area contributed by atoms with E-state index in [4.69, 9.17) is 4.42 Å². The average Bonchev–Trinajstić information content (AvgIpc) is 0.931. The molecule has 7 nitrogen and oxygen atoms in total. The number of hydrogen-bond donors (Lipinski definition) is 0. The predicted octanol–water partition coefficient (Wildman–Crippen LogP) is 22.8. The number of pyridine rings is 4. The molecule has 0 bridgehead atoms. The second-order valence-corrected chi connectivity index (χ2v) is 30.3. The van der Waals surface area contributed by atoms with E-state index in [1.165, 1.54) is 141 Å². The summed E-state index contributed by atoms with van der Waals surface area (Å²) in [6.07, 6.45) is 8.35. The van der Waals surface area contributed by atoms with E-state index >= 15 is 0 Å². The first-order chi connectivity index (χ1) is 52.4. The molecule has 0 amide bonds. The summed E-state index contributed by atoms with van der Waals surface area (Å²) in [5, 5.41) is 8.81. The van der Waals surface area contributed by atoms with Crippen LogP contribution in [0.1, 0.15) is 44.5 Å². The molecule has 0 aliphatic heterocycles. The fourth-order valence-electron chi connectivity index (χ4n) is 13.7. The lowest BCUT2D eigenvalue weighted by molar-refractivity contribution is -0.660. The molecule has 0 fully saturated rings. The van der Waals surface area contributed by atoms with E-state index in [1.54, 1.807) is 11.3 Å². The number of hydrogen-bond acceptors (Lipinski definition) is 4. The first-order valence-electron chi connectivity index (χ1n) is 36.6. The molecule has 536 valence electrons. The summed E-state index contributed by atoms with van der Waals surface area (Å²) in [6.45, 7) is 17.3. The molecule has 18 aromatic rings.